The monoisotopic (exact) mass is 194 g/mol. The van der Waals surface area contributed by atoms with Gasteiger partial charge in [-0.1, -0.05) is 6.07 Å². The normalized spacial score (nSPS) is 14.1. The molecule has 2 heterocycles. The van der Waals surface area contributed by atoms with Crippen LogP contribution in [0.2, 0.25) is 0 Å². The fourth-order valence-electron chi connectivity index (χ4n) is 1.36. The van der Waals surface area contributed by atoms with Crippen molar-refractivity contribution in [2.75, 3.05) is 6.26 Å². The Bertz CT molecular complexity index is 351. The van der Waals surface area contributed by atoms with E-state index in [1.54, 1.807) is 11.8 Å². The molecular formula is C9H10N2OS. The molecule has 1 N–H and O–H groups in total. The van der Waals surface area contributed by atoms with Crippen molar-refractivity contribution in [1.82, 2.24) is 10.3 Å². The minimum absolute atomic E-state index is 0.0436. The number of hydrogen-bond acceptors (Lipinski definition) is 3. The maximum atomic E-state index is 11.2. The first-order valence-corrected chi connectivity index (χ1v) is 5.46. The SMILES string of the molecule is CSCc1ccc2c(n1)C(=O)NC2. The van der Waals surface area contributed by atoms with Crippen molar-refractivity contribution in [3.63, 3.8) is 0 Å². The number of nitrogens with zero attached hydrogens (tertiary/aromatic N) is 1. The predicted octanol–water partition coefficient (Wildman–Crippen LogP) is 1.19. The van der Waals surface area contributed by atoms with Crippen LogP contribution < -0.4 is 5.32 Å². The number of amides is 1. The first-order chi connectivity index (χ1) is 6.31. The molecule has 4 heteroatoms. The lowest BCUT2D eigenvalue weighted by Crippen LogP contribution is -2.13. The first-order valence-electron chi connectivity index (χ1n) is 4.07. The van der Waals surface area contributed by atoms with Crippen LogP contribution in [0.5, 0.6) is 0 Å². The number of aromatic nitrogens is 1. The van der Waals surface area contributed by atoms with Gasteiger partial charge in [-0.05, 0) is 12.3 Å². The summed E-state index contributed by atoms with van der Waals surface area (Å²) in [4.78, 5) is 15.5. The van der Waals surface area contributed by atoms with Crippen molar-refractivity contribution in [1.29, 1.82) is 0 Å². The van der Waals surface area contributed by atoms with Crippen LogP contribution in [0.3, 0.4) is 0 Å². The van der Waals surface area contributed by atoms with Gasteiger partial charge < -0.3 is 5.32 Å². The van der Waals surface area contributed by atoms with Gasteiger partial charge in [0.15, 0.2) is 0 Å². The summed E-state index contributed by atoms with van der Waals surface area (Å²) >= 11 is 1.71. The van der Waals surface area contributed by atoms with Crippen LogP contribution in [-0.4, -0.2) is 17.1 Å². The van der Waals surface area contributed by atoms with E-state index in [2.05, 4.69) is 10.3 Å². The van der Waals surface area contributed by atoms with E-state index < -0.39 is 0 Å². The summed E-state index contributed by atoms with van der Waals surface area (Å²) < 4.78 is 0. The van der Waals surface area contributed by atoms with Gasteiger partial charge in [-0.15, -0.1) is 0 Å². The van der Waals surface area contributed by atoms with Gasteiger partial charge in [0.05, 0.1) is 5.69 Å². The Kier molecular flexibility index (Phi) is 2.22. The highest BCUT2D eigenvalue weighted by Gasteiger charge is 2.20. The number of thioether (sulfide) groups is 1. The van der Waals surface area contributed by atoms with Gasteiger partial charge in [0, 0.05) is 17.9 Å². The summed E-state index contributed by atoms with van der Waals surface area (Å²) in [6, 6.07) is 3.96. The molecule has 1 aliphatic rings. The fraction of sp³-hybridized carbons (Fsp3) is 0.333. The molecule has 1 amide bonds. The number of fused-ring (bicyclic) bond motifs is 1. The molecule has 0 aromatic carbocycles. The molecule has 1 aromatic rings. The third-order valence-electron chi connectivity index (χ3n) is 1.98. The molecule has 0 aliphatic carbocycles. The van der Waals surface area contributed by atoms with Gasteiger partial charge in [-0.25, -0.2) is 4.98 Å². The lowest BCUT2D eigenvalue weighted by atomic mass is 10.2. The smallest absolute Gasteiger partial charge is 0.270 e. The molecule has 0 saturated carbocycles. The second kappa shape index (κ2) is 3.38. The van der Waals surface area contributed by atoms with Crippen LogP contribution in [0, 0.1) is 0 Å². The molecular weight excluding hydrogens is 184 g/mol. The van der Waals surface area contributed by atoms with Gasteiger partial charge in [-0.2, -0.15) is 11.8 Å². The van der Waals surface area contributed by atoms with Gasteiger partial charge in [0.2, 0.25) is 0 Å². The lowest BCUT2D eigenvalue weighted by molar-refractivity contribution is 0.0961. The summed E-state index contributed by atoms with van der Waals surface area (Å²) in [7, 11) is 0. The van der Waals surface area contributed by atoms with Gasteiger partial charge in [0.25, 0.3) is 5.91 Å². The lowest BCUT2D eigenvalue weighted by Gasteiger charge is -1.99. The maximum Gasteiger partial charge on any atom is 0.270 e. The molecule has 0 atom stereocenters. The Morgan fingerprint density at radius 2 is 2.46 bits per heavy atom. The van der Waals surface area contributed by atoms with Gasteiger partial charge in [0.1, 0.15) is 5.69 Å². The summed E-state index contributed by atoms with van der Waals surface area (Å²) in [6.07, 6.45) is 2.02. The number of carbonyl (C=O) groups excluding carboxylic acids is 1. The van der Waals surface area contributed by atoms with Crippen molar-refractivity contribution in [3.05, 3.63) is 29.1 Å². The zero-order chi connectivity index (χ0) is 9.26. The van der Waals surface area contributed by atoms with E-state index in [9.17, 15) is 4.79 Å². The van der Waals surface area contributed by atoms with Crippen molar-refractivity contribution >= 4 is 17.7 Å². The Hall–Kier alpha value is -1.03. The summed E-state index contributed by atoms with van der Waals surface area (Å²) in [5.74, 6) is 0.818. The average molecular weight is 194 g/mol. The molecule has 0 saturated heterocycles. The summed E-state index contributed by atoms with van der Waals surface area (Å²) in [5, 5.41) is 2.75. The highest BCUT2D eigenvalue weighted by molar-refractivity contribution is 7.97. The number of nitrogens with one attached hydrogen (secondary N) is 1. The van der Waals surface area contributed by atoms with E-state index in [1.165, 1.54) is 0 Å². The second-order valence-corrected chi connectivity index (χ2v) is 3.79. The molecule has 0 fully saturated rings. The van der Waals surface area contributed by atoms with E-state index in [0.717, 1.165) is 17.0 Å². The minimum atomic E-state index is -0.0436. The maximum absolute atomic E-state index is 11.2. The molecule has 0 radical (unpaired) electrons. The number of pyridine rings is 1. The van der Waals surface area contributed by atoms with Crippen LogP contribution in [0.4, 0.5) is 0 Å². The van der Waals surface area contributed by atoms with Crippen LogP contribution in [0.25, 0.3) is 0 Å². The van der Waals surface area contributed by atoms with E-state index in [1.807, 2.05) is 18.4 Å². The predicted molar refractivity (Wildman–Crippen MR) is 52.6 cm³/mol. The highest BCUT2D eigenvalue weighted by Crippen LogP contribution is 2.15. The topological polar surface area (TPSA) is 42.0 Å². The zero-order valence-corrected chi connectivity index (χ0v) is 8.15. The first kappa shape index (κ1) is 8.56. The van der Waals surface area contributed by atoms with Crippen LogP contribution >= 0.6 is 11.8 Å². The third-order valence-corrected chi connectivity index (χ3v) is 2.57. The number of rotatable bonds is 2. The van der Waals surface area contributed by atoms with Gasteiger partial charge >= 0.3 is 0 Å². The molecule has 3 nitrogen and oxygen atoms in total. The Labute approximate surface area is 80.9 Å². The zero-order valence-electron chi connectivity index (χ0n) is 7.33. The number of hydrogen-bond donors (Lipinski definition) is 1. The van der Waals surface area contributed by atoms with Crippen LogP contribution in [0.1, 0.15) is 21.7 Å². The van der Waals surface area contributed by atoms with Crippen molar-refractivity contribution in [3.8, 4) is 0 Å². The molecule has 2 rings (SSSR count). The van der Waals surface area contributed by atoms with Crippen molar-refractivity contribution in [2.24, 2.45) is 0 Å². The molecule has 0 bridgehead atoms. The Morgan fingerprint density at radius 1 is 1.62 bits per heavy atom. The highest BCUT2D eigenvalue weighted by atomic mass is 32.2. The molecule has 0 spiro atoms. The standard InChI is InChI=1S/C9H10N2OS/c1-13-5-7-3-2-6-4-10-9(12)8(6)11-7/h2-3H,4-5H2,1H3,(H,10,12). The molecule has 1 aliphatic heterocycles. The second-order valence-electron chi connectivity index (χ2n) is 2.93. The molecule has 68 valence electrons. The largest absolute Gasteiger partial charge is 0.347 e. The summed E-state index contributed by atoms with van der Waals surface area (Å²) in [5.41, 5.74) is 2.59. The van der Waals surface area contributed by atoms with Crippen LogP contribution in [-0.2, 0) is 12.3 Å². The van der Waals surface area contributed by atoms with E-state index >= 15 is 0 Å². The molecule has 0 unspecified atom stereocenters. The van der Waals surface area contributed by atoms with Crippen molar-refractivity contribution < 1.29 is 4.79 Å². The van der Waals surface area contributed by atoms with Crippen molar-refractivity contribution in [2.45, 2.75) is 12.3 Å². The van der Waals surface area contributed by atoms with E-state index in [0.29, 0.717) is 12.2 Å². The third kappa shape index (κ3) is 1.54. The number of carbonyl (C=O) groups is 1. The quantitative estimate of drug-likeness (QED) is 0.769. The summed E-state index contributed by atoms with van der Waals surface area (Å²) in [6.45, 7) is 0.626. The van der Waals surface area contributed by atoms with Gasteiger partial charge in [-0.3, -0.25) is 4.79 Å². The van der Waals surface area contributed by atoms with E-state index in [4.69, 9.17) is 0 Å². The average Bonchev–Trinajstić information content (AvgIpc) is 2.49. The Balaban J connectivity index is 2.36. The van der Waals surface area contributed by atoms with Crippen LogP contribution in [0.15, 0.2) is 12.1 Å². The fourth-order valence-corrected chi connectivity index (χ4v) is 1.81. The van der Waals surface area contributed by atoms with E-state index in [-0.39, 0.29) is 5.91 Å². The minimum Gasteiger partial charge on any atom is -0.347 e. The molecule has 1 aromatic heterocycles. The Morgan fingerprint density at radius 3 is 3.23 bits per heavy atom. The molecule has 13 heavy (non-hydrogen) atoms.